The van der Waals surface area contributed by atoms with E-state index in [-0.39, 0.29) is 12.4 Å². The van der Waals surface area contributed by atoms with Crippen LogP contribution in [0.4, 0.5) is 8.78 Å². The van der Waals surface area contributed by atoms with E-state index < -0.39 is 11.6 Å². The Kier molecular flexibility index (Phi) is 4.82. The van der Waals surface area contributed by atoms with E-state index in [4.69, 9.17) is 4.74 Å². The summed E-state index contributed by atoms with van der Waals surface area (Å²) in [7, 11) is 0. The van der Waals surface area contributed by atoms with Crippen molar-refractivity contribution in [3.63, 3.8) is 0 Å². The van der Waals surface area contributed by atoms with Crippen LogP contribution in [0.2, 0.25) is 0 Å². The maximum atomic E-state index is 13.8. The summed E-state index contributed by atoms with van der Waals surface area (Å²) in [5.41, 5.74) is 1.44. The van der Waals surface area contributed by atoms with Crippen molar-refractivity contribution < 1.29 is 13.5 Å². The van der Waals surface area contributed by atoms with Gasteiger partial charge in [-0.3, -0.25) is 4.40 Å². The summed E-state index contributed by atoms with van der Waals surface area (Å²) in [4.78, 5) is 0. The Morgan fingerprint density at radius 2 is 1.69 bits per heavy atom. The monoisotopic (exact) mass is 357 g/mol. The fraction of sp³-hybridized carbons (Fsp3) is 0.400. The number of hydrogen-bond acceptors (Lipinski definition) is 3. The van der Waals surface area contributed by atoms with Gasteiger partial charge in [0.2, 0.25) is 0 Å². The Balaban J connectivity index is 1.60. The highest BCUT2D eigenvalue weighted by atomic mass is 19.1. The van der Waals surface area contributed by atoms with Crippen molar-refractivity contribution in [3.05, 3.63) is 59.6 Å². The maximum absolute atomic E-state index is 13.8. The van der Waals surface area contributed by atoms with Crippen LogP contribution in [0.3, 0.4) is 0 Å². The van der Waals surface area contributed by atoms with Gasteiger partial charge in [0, 0.05) is 17.7 Å². The number of hydrogen-bond donors (Lipinski definition) is 0. The van der Waals surface area contributed by atoms with Gasteiger partial charge in [-0.2, -0.15) is 0 Å². The highest BCUT2D eigenvalue weighted by Gasteiger charge is 2.21. The first-order valence-electron chi connectivity index (χ1n) is 9.13. The average Bonchev–Trinajstić information content (AvgIpc) is 2.89. The summed E-state index contributed by atoms with van der Waals surface area (Å²) in [5, 5.41) is 8.75. The molecule has 0 N–H and O–H groups in total. The van der Waals surface area contributed by atoms with E-state index in [2.05, 4.69) is 10.2 Å². The number of ether oxygens (including phenoxy) is 1. The van der Waals surface area contributed by atoms with Crippen LogP contribution in [0.15, 0.2) is 36.5 Å². The Morgan fingerprint density at radius 3 is 2.42 bits per heavy atom. The number of nitrogens with zero attached hydrogens (tertiary/aromatic N) is 3. The Morgan fingerprint density at radius 1 is 0.962 bits per heavy atom. The summed E-state index contributed by atoms with van der Waals surface area (Å²) in [5.74, 6) is -0.401. The fourth-order valence-electron chi connectivity index (χ4n) is 3.69. The van der Waals surface area contributed by atoms with E-state index in [1.54, 1.807) is 0 Å². The molecule has 0 amide bonds. The minimum Gasteiger partial charge on any atom is -0.483 e. The zero-order valence-corrected chi connectivity index (χ0v) is 14.5. The smallest absolute Gasteiger partial charge is 0.191 e. The zero-order chi connectivity index (χ0) is 17.9. The normalized spacial score (nSPS) is 15.9. The fourth-order valence-corrected chi connectivity index (χ4v) is 3.69. The predicted molar refractivity (Wildman–Crippen MR) is 94.1 cm³/mol. The van der Waals surface area contributed by atoms with Gasteiger partial charge in [0.25, 0.3) is 0 Å². The molecule has 0 atom stereocenters. The highest BCUT2D eigenvalue weighted by Crippen LogP contribution is 2.31. The summed E-state index contributed by atoms with van der Waals surface area (Å²) >= 11 is 0. The highest BCUT2D eigenvalue weighted by molar-refractivity contribution is 5.47. The zero-order valence-electron chi connectivity index (χ0n) is 14.5. The first-order chi connectivity index (χ1) is 12.7. The number of benzene rings is 1. The largest absolute Gasteiger partial charge is 0.483 e. The molecule has 0 radical (unpaired) electrons. The topological polar surface area (TPSA) is 39.4 Å². The minimum atomic E-state index is -0.711. The predicted octanol–water partition coefficient (Wildman–Crippen LogP) is 5.02. The van der Waals surface area contributed by atoms with Crippen LogP contribution in [-0.4, -0.2) is 14.6 Å². The third-order valence-corrected chi connectivity index (χ3v) is 5.05. The lowest BCUT2D eigenvalue weighted by atomic mass is 9.99. The summed E-state index contributed by atoms with van der Waals surface area (Å²) < 4.78 is 34.9. The lowest BCUT2D eigenvalue weighted by molar-refractivity contribution is 0.274. The Labute approximate surface area is 150 Å². The third kappa shape index (κ3) is 3.28. The van der Waals surface area contributed by atoms with Crippen LogP contribution in [-0.2, 0) is 6.61 Å². The second kappa shape index (κ2) is 7.40. The first-order valence-corrected chi connectivity index (χ1v) is 9.13. The number of para-hydroxylation sites is 1. The van der Waals surface area contributed by atoms with E-state index in [0.29, 0.717) is 11.6 Å². The van der Waals surface area contributed by atoms with Crippen LogP contribution >= 0.6 is 0 Å². The second-order valence-corrected chi connectivity index (χ2v) is 6.81. The van der Waals surface area contributed by atoms with Crippen molar-refractivity contribution >= 4 is 5.65 Å². The van der Waals surface area contributed by atoms with Crippen molar-refractivity contribution in [3.8, 4) is 5.75 Å². The molecule has 0 spiro atoms. The SMILES string of the molecule is Fc1cccc(F)c1OCc1cccn2c(C3CCCCCC3)nnc12. The molecule has 1 saturated carbocycles. The molecule has 3 aromatic rings. The molecule has 4 nitrogen and oxygen atoms in total. The molecule has 6 heteroatoms. The van der Waals surface area contributed by atoms with Crippen molar-refractivity contribution in [2.45, 2.75) is 51.0 Å². The van der Waals surface area contributed by atoms with Crippen LogP contribution in [0.25, 0.3) is 5.65 Å². The lowest BCUT2D eigenvalue weighted by Crippen LogP contribution is -2.05. The van der Waals surface area contributed by atoms with Gasteiger partial charge in [0.15, 0.2) is 23.0 Å². The number of fused-ring (bicyclic) bond motifs is 1. The van der Waals surface area contributed by atoms with E-state index in [0.717, 1.165) is 24.2 Å². The molecule has 136 valence electrons. The molecule has 0 unspecified atom stereocenters. The molecular weight excluding hydrogens is 336 g/mol. The molecule has 1 aliphatic carbocycles. The van der Waals surface area contributed by atoms with Crippen LogP contribution in [0.1, 0.15) is 55.8 Å². The van der Waals surface area contributed by atoms with E-state index in [1.165, 1.54) is 43.9 Å². The number of aromatic nitrogens is 3. The molecule has 1 fully saturated rings. The van der Waals surface area contributed by atoms with E-state index in [9.17, 15) is 8.78 Å². The van der Waals surface area contributed by atoms with Crippen molar-refractivity contribution in [2.24, 2.45) is 0 Å². The minimum absolute atomic E-state index is 0.0327. The first kappa shape index (κ1) is 16.9. The van der Waals surface area contributed by atoms with Crippen molar-refractivity contribution in [2.75, 3.05) is 0 Å². The summed E-state index contributed by atoms with van der Waals surface area (Å²) in [6.07, 6.45) is 9.19. The molecule has 4 rings (SSSR count). The van der Waals surface area contributed by atoms with Gasteiger partial charge in [-0.15, -0.1) is 10.2 Å². The molecule has 0 aliphatic heterocycles. The third-order valence-electron chi connectivity index (χ3n) is 5.05. The van der Waals surface area contributed by atoms with Gasteiger partial charge in [0.05, 0.1) is 0 Å². The van der Waals surface area contributed by atoms with Gasteiger partial charge in [0.1, 0.15) is 12.4 Å². The van der Waals surface area contributed by atoms with E-state index in [1.807, 2.05) is 22.7 Å². The Bertz CT molecular complexity index is 881. The summed E-state index contributed by atoms with van der Waals surface area (Å²) in [6.45, 7) is 0.0327. The quantitative estimate of drug-likeness (QED) is 0.615. The standard InChI is InChI=1S/C20H21F2N3O/c21-16-10-5-11-17(22)18(16)26-13-15-9-6-12-25-19(23-24-20(15)25)14-7-3-1-2-4-8-14/h5-6,9-12,14H,1-4,7-8,13H2. The summed E-state index contributed by atoms with van der Waals surface area (Å²) in [6, 6.07) is 7.42. The van der Waals surface area contributed by atoms with Crippen LogP contribution < -0.4 is 4.74 Å². The van der Waals surface area contributed by atoms with Gasteiger partial charge in [-0.25, -0.2) is 8.78 Å². The van der Waals surface area contributed by atoms with Crippen molar-refractivity contribution in [1.82, 2.24) is 14.6 Å². The number of rotatable bonds is 4. The second-order valence-electron chi connectivity index (χ2n) is 6.81. The number of pyridine rings is 1. The number of halogens is 2. The molecule has 0 saturated heterocycles. The molecule has 2 heterocycles. The van der Waals surface area contributed by atoms with Crippen LogP contribution in [0.5, 0.6) is 5.75 Å². The van der Waals surface area contributed by atoms with Gasteiger partial charge >= 0.3 is 0 Å². The molecule has 1 aliphatic rings. The van der Waals surface area contributed by atoms with Gasteiger partial charge < -0.3 is 4.74 Å². The maximum Gasteiger partial charge on any atom is 0.191 e. The van der Waals surface area contributed by atoms with E-state index >= 15 is 0 Å². The molecule has 26 heavy (non-hydrogen) atoms. The van der Waals surface area contributed by atoms with Gasteiger partial charge in [-0.05, 0) is 31.0 Å². The average molecular weight is 357 g/mol. The lowest BCUT2D eigenvalue weighted by Gasteiger charge is -2.12. The molecule has 2 aromatic heterocycles. The molecular formula is C20H21F2N3O. The van der Waals surface area contributed by atoms with Crippen LogP contribution in [0, 0.1) is 11.6 Å². The van der Waals surface area contributed by atoms with Gasteiger partial charge in [-0.1, -0.05) is 37.8 Å². The van der Waals surface area contributed by atoms with Crippen molar-refractivity contribution in [1.29, 1.82) is 0 Å². The molecule has 0 bridgehead atoms. The Hall–Kier alpha value is -2.50. The molecule has 1 aromatic carbocycles.